The molecule has 158 valence electrons. The molecule has 3 rings (SSSR count). The van der Waals surface area contributed by atoms with Gasteiger partial charge in [-0.05, 0) is 53.6 Å². The Balaban J connectivity index is 1.78. The van der Waals surface area contributed by atoms with Crippen molar-refractivity contribution >= 4 is 16.0 Å². The van der Waals surface area contributed by atoms with Crippen molar-refractivity contribution in [3.05, 3.63) is 54.1 Å². The van der Waals surface area contributed by atoms with Gasteiger partial charge in [-0.1, -0.05) is 12.1 Å². The van der Waals surface area contributed by atoms with E-state index in [1.807, 2.05) is 12.1 Å². The largest absolute Gasteiger partial charge is 0.497 e. The fraction of sp³-hybridized carbons (Fsp3) is 0.263. The van der Waals surface area contributed by atoms with E-state index in [1.54, 1.807) is 31.4 Å². The van der Waals surface area contributed by atoms with Gasteiger partial charge in [0.15, 0.2) is 0 Å². The molecule has 30 heavy (non-hydrogen) atoms. The first kappa shape index (κ1) is 21.4. The van der Waals surface area contributed by atoms with Crippen molar-refractivity contribution in [2.45, 2.75) is 17.7 Å². The molecule has 0 saturated heterocycles. The number of nitrogens with zero attached hydrogens (tertiary/aromatic N) is 4. The molecule has 3 aromatic rings. The van der Waals surface area contributed by atoms with Crippen LogP contribution < -0.4 is 4.74 Å². The third kappa shape index (κ3) is 5.19. The molecular weight excluding hydrogens is 410 g/mol. The number of carboxylic acid groups (broad SMARTS) is 1. The van der Waals surface area contributed by atoms with Gasteiger partial charge in [0.25, 0.3) is 0 Å². The lowest BCUT2D eigenvalue weighted by molar-refractivity contribution is -0.137. The molecule has 11 heteroatoms. The second-order valence-electron chi connectivity index (χ2n) is 6.41. The minimum atomic E-state index is -3.88. The molecule has 0 fully saturated rings. The number of aliphatic carboxylic acids is 1. The molecule has 1 heterocycles. The molecule has 0 aliphatic rings. The summed E-state index contributed by atoms with van der Waals surface area (Å²) in [5, 5.41) is 22.6. The van der Waals surface area contributed by atoms with E-state index in [0.29, 0.717) is 23.6 Å². The average Bonchev–Trinajstić information content (AvgIpc) is 3.29. The van der Waals surface area contributed by atoms with Gasteiger partial charge in [0.1, 0.15) is 5.75 Å². The predicted octanol–water partition coefficient (Wildman–Crippen LogP) is 1.58. The maximum atomic E-state index is 13.1. The number of carbonyl (C=O) groups is 1. The molecule has 0 atom stereocenters. The molecule has 0 unspecified atom stereocenters. The van der Waals surface area contributed by atoms with Gasteiger partial charge in [-0.25, -0.2) is 8.42 Å². The van der Waals surface area contributed by atoms with Gasteiger partial charge in [0.2, 0.25) is 15.8 Å². The standard InChI is InChI=1S/C19H21N5O5S/c1-29-16-6-2-14(3-7-16)10-12-24(13-11-18(25)26)30(27,28)17-8-4-15(5-9-17)19-20-22-23-21-19/h2-9H,10-13H2,1H3,(H,25,26)(H,20,21,22,23). The van der Waals surface area contributed by atoms with Crippen LogP contribution in [0, 0.1) is 0 Å². The van der Waals surface area contributed by atoms with E-state index < -0.39 is 16.0 Å². The van der Waals surface area contributed by atoms with Crippen LogP contribution in [0.4, 0.5) is 0 Å². The van der Waals surface area contributed by atoms with Gasteiger partial charge < -0.3 is 9.84 Å². The number of methoxy groups -OCH3 is 1. The highest BCUT2D eigenvalue weighted by atomic mass is 32.2. The van der Waals surface area contributed by atoms with Crippen molar-refractivity contribution < 1.29 is 23.1 Å². The third-order valence-electron chi connectivity index (χ3n) is 4.48. The second-order valence-corrected chi connectivity index (χ2v) is 8.34. The molecule has 0 aliphatic carbocycles. The van der Waals surface area contributed by atoms with Crippen molar-refractivity contribution in [1.29, 1.82) is 0 Å². The number of H-pyrrole nitrogens is 1. The number of rotatable bonds is 10. The van der Waals surface area contributed by atoms with E-state index in [2.05, 4.69) is 20.6 Å². The molecule has 0 spiro atoms. The summed E-state index contributed by atoms with van der Waals surface area (Å²) < 4.78 is 32.6. The summed E-state index contributed by atoms with van der Waals surface area (Å²) in [6.07, 6.45) is 0.145. The first-order chi connectivity index (χ1) is 14.4. The number of sulfonamides is 1. The van der Waals surface area contributed by atoms with Gasteiger partial charge in [0, 0.05) is 18.7 Å². The van der Waals surface area contributed by atoms with Gasteiger partial charge in [0.05, 0.1) is 18.4 Å². The van der Waals surface area contributed by atoms with E-state index in [1.165, 1.54) is 16.4 Å². The summed E-state index contributed by atoms with van der Waals surface area (Å²) >= 11 is 0. The number of aromatic amines is 1. The van der Waals surface area contributed by atoms with Crippen molar-refractivity contribution in [2.24, 2.45) is 0 Å². The maximum absolute atomic E-state index is 13.1. The summed E-state index contributed by atoms with van der Waals surface area (Å²) in [6.45, 7) is 0.0228. The van der Waals surface area contributed by atoms with Crippen molar-refractivity contribution in [2.75, 3.05) is 20.2 Å². The first-order valence-electron chi connectivity index (χ1n) is 9.09. The minimum Gasteiger partial charge on any atom is -0.497 e. The zero-order chi connectivity index (χ0) is 21.6. The van der Waals surface area contributed by atoms with Gasteiger partial charge in [-0.2, -0.15) is 9.52 Å². The fourth-order valence-corrected chi connectivity index (χ4v) is 4.27. The van der Waals surface area contributed by atoms with E-state index in [9.17, 15) is 13.2 Å². The summed E-state index contributed by atoms with van der Waals surface area (Å²) in [5.41, 5.74) is 1.52. The average molecular weight is 431 g/mol. The lowest BCUT2D eigenvalue weighted by atomic mass is 10.1. The molecule has 0 radical (unpaired) electrons. The van der Waals surface area contributed by atoms with Gasteiger partial charge in [-0.3, -0.25) is 4.79 Å². The number of nitrogens with one attached hydrogen (secondary N) is 1. The van der Waals surface area contributed by atoms with Crippen LogP contribution in [-0.2, 0) is 21.2 Å². The zero-order valence-electron chi connectivity index (χ0n) is 16.2. The molecule has 2 aromatic carbocycles. The second kappa shape index (κ2) is 9.46. The highest BCUT2D eigenvalue weighted by Gasteiger charge is 2.25. The van der Waals surface area contributed by atoms with E-state index >= 15 is 0 Å². The van der Waals surface area contributed by atoms with Crippen LogP contribution in [0.25, 0.3) is 11.4 Å². The Bertz CT molecular complexity index is 1070. The number of carboxylic acids is 1. The smallest absolute Gasteiger partial charge is 0.304 e. The number of tetrazole rings is 1. The van der Waals surface area contributed by atoms with Gasteiger partial charge in [-0.15, -0.1) is 10.2 Å². The van der Waals surface area contributed by atoms with Crippen LogP contribution >= 0.6 is 0 Å². The SMILES string of the molecule is COc1ccc(CCN(CCC(=O)O)S(=O)(=O)c2ccc(-c3nn[nH]n3)cc2)cc1. The topological polar surface area (TPSA) is 138 Å². The van der Waals surface area contributed by atoms with Crippen molar-refractivity contribution in [3.63, 3.8) is 0 Å². The van der Waals surface area contributed by atoms with Crippen LogP contribution in [0.1, 0.15) is 12.0 Å². The number of hydrogen-bond donors (Lipinski definition) is 2. The highest BCUT2D eigenvalue weighted by molar-refractivity contribution is 7.89. The molecule has 0 bridgehead atoms. The van der Waals surface area contributed by atoms with Gasteiger partial charge >= 0.3 is 5.97 Å². The molecular formula is C19H21N5O5S. The van der Waals surface area contributed by atoms with Crippen LogP contribution in [0.5, 0.6) is 5.75 Å². The quantitative estimate of drug-likeness (QED) is 0.493. The molecule has 1 aromatic heterocycles. The van der Waals surface area contributed by atoms with Crippen LogP contribution in [-0.4, -0.2) is 64.6 Å². The molecule has 0 saturated carbocycles. The lowest BCUT2D eigenvalue weighted by Crippen LogP contribution is -2.34. The Kier molecular flexibility index (Phi) is 6.75. The Labute approximate surface area is 173 Å². The minimum absolute atomic E-state index is 0.0647. The third-order valence-corrected chi connectivity index (χ3v) is 6.39. The van der Waals surface area contributed by atoms with E-state index in [4.69, 9.17) is 9.84 Å². The summed E-state index contributed by atoms with van der Waals surface area (Å²) in [7, 11) is -2.32. The van der Waals surface area contributed by atoms with E-state index in [0.717, 1.165) is 5.56 Å². The highest BCUT2D eigenvalue weighted by Crippen LogP contribution is 2.21. The Morgan fingerprint density at radius 2 is 1.80 bits per heavy atom. The monoisotopic (exact) mass is 431 g/mol. The Morgan fingerprint density at radius 1 is 1.10 bits per heavy atom. The molecule has 0 amide bonds. The molecule has 2 N–H and O–H groups in total. The van der Waals surface area contributed by atoms with Crippen molar-refractivity contribution in [3.8, 4) is 17.1 Å². The normalized spacial score (nSPS) is 11.5. The summed E-state index contributed by atoms with van der Waals surface area (Å²) in [6, 6.07) is 13.3. The number of benzene rings is 2. The van der Waals surface area contributed by atoms with Crippen LogP contribution in [0.15, 0.2) is 53.4 Å². The van der Waals surface area contributed by atoms with E-state index in [-0.39, 0.29) is 24.4 Å². The van der Waals surface area contributed by atoms with Crippen LogP contribution in [0.2, 0.25) is 0 Å². The lowest BCUT2D eigenvalue weighted by Gasteiger charge is -2.22. The Morgan fingerprint density at radius 3 is 2.37 bits per heavy atom. The van der Waals surface area contributed by atoms with Crippen molar-refractivity contribution in [1.82, 2.24) is 24.9 Å². The fourth-order valence-electron chi connectivity index (χ4n) is 2.83. The Hall–Kier alpha value is -3.31. The first-order valence-corrected chi connectivity index (χ1v) is 10.5. The maximum Gasteiger partial charge on any atom is 0.304 e. The summed E-state index contributed by atoms with van der Waals surface area (Å²) in [5.74, 6) is -0.0101. The number of aromatic nitrogens is 4. The summed E-state index contributed by atoms with van der Waals surface area (Å²) in [4.78, 5) is 11.1. The molecule has 0 aliphatic heterocycles. The predicted molar refractivity (Wildman–Crippen MR) is 107 cm³/mol. The zero-order valence-corrected chi connectivity index (χ0v) is 17.0. The molecule has 10 nitrogen and oxygen atoms in total. The van der Waals surface area contributed by atoms with Crippen LogP contribution in [0.3, 0.4) is 0 Å². The number of hydrogen-bond acceptors (Lipinski definition) is 7. The number of ether oxygens (including phenoxy) is 1.